The molecule has 1 aromatic heterocycles. The Morgan fingerprint density at radius 3 is 2.80 bits per heavy atom. The summed E-state index contributed by atoms with van der Waals surface area (Å²) in [5.41, 5.74) is 6.26. The predicted octanol–water partition coefficient (Wildman–Crippen LogP) is 0.106. The molecule has 0 amide bonds. The van der Waals surface area contributed by atoms with E-state index < -0.39 is 5.97 Å². The molecule has 0 bridgehead atoms. The number of nitrogens with zero attached hydrogens (tertiary/aromatic N) is 3. The van der Waals surface area contributed by atoms with Gasteiger partial charge in [-0.1, -0.05) is 0 Å². The molecule has 20 heavy (non-hydrogen) atoms. The number of ether oxygens (including phenoxy) is 1. The maximum atomic E-state index is 12.1. The van der Waals surface area contributed by atoms with Gasteiger partial charge in [0.2, 0.25) is 0 Å². The molecule has 1 aliphatic heterocycles. The number of anilines is 1. The molecule has 0 radical (unpaired) electrons. The first-order chi connectivity index (χ1) is 9.52. The van der Waals surface area contributed by atoms with Gasteiger partial charge >= 0.3 is 5.97 Å². The third kappa shape index (κ3) is 3.18. The Balaban J connectivity index is 2.22. The Bertz CT molecular complexity index is 552. The molecule has 2 N–H and O–H groups in total. The molecule has 1 fully saturated rings. The van der Waals surface area contributed by atoms with E-state index in [0.717, 1.165) is 36.3 Å². The number of aromatic nitrogens is 2. The van der Waals surface area contributed by atoms with Crippen molar-refractivity contribution in [2.75, 3.05) is 25.1 Å². The van der Waals surface area contributed by atoms with Crippen molar-refractivity contribution in [2.24, 2.45) is 5.73 Å². The standard InChI is InChI=1S/C12H17BrN4O3/c1-20-10(18)7-17-12(19)11(13)9(6-15-17)16-4-2-8(14)3-5-16/h6,8H,2-5,7,14H2,1H3. The van der Waals surface area contributed by atoms with Crippen LogP contribution in [0.5, 0.6) is 0 Å². The molecule has 1 aromatic rings. The van der Waals surface area contributed by atoms with E-state index in [2.05, 4.69) is 30.7 Å². The van der Waals surface area contributed by atoms with Crippen molar-refractivity contribution in [3.8, 4) is 0 Å². The number of rotatable bonds is 3. The molecule has 0 spiro atoms. The summed E-state index contributed by atoms with van der Waals surface area (Å²) in [6.45, 7) is 1.39. The van der Waals surface area contributed by atoms with Crippen LogP contribution in [0.2, 0.25) is 0 Å². The first kappa shape index (κ1) is 15.0. The van der Waals surface area contributed by atoms with Crippen molar-refractivity contribution in [3.05, 3.63) is 21.0 Å². The summed E-state index contributed by atoms with van der Waals surface area (Å²) in [5.74, 6) is -0.511. The van der Waals surface area contributed by atoms with Gasteiger partial charge in [0.25, 0.3) is 5.56 Å². The number of esters is 1. The Labute approximate surface area is 124 Å². The van der Waals surface area contributed by atoms with Crippen LogP contribution in [0.1, 0.15) is 12.8 Å². The maximum Gasteiger partial charge on any atom is 0.327 e. The second kappa shape index (κ2) is 6.36. The minimum atomic E-state index is -0.511. The van der Waals surface area contributed by atoms with Gasteiger partial charge in [0.05, 0.1) is 19.0 Å². The highest BCUT2D eigenvalue weighted by atomic mass is 79.9. The number of halogens is 1. The van der Waals surface area contributed by atoms with E-state index in [4.69, 9.17) is 5.73 Å². The fourth-order valence-corrected chi connectivity index (χ4v) is 2.67. The van der Waals surface area contributed by atoms with Crippen LogP contribution in [-0.2, 0) is 16.1 Å². The highest BCUT2D eigenvalue weighted by Crippen LogP contribution is 2.24. The lowest BCUT2D eigenvalue weighted by Crippen LogP contribution is -2.41. The molecule has 7 nitrogen and oxygen atoms in total. The molecule has 2 rings (SSSR count). The van der Waals surface area contributed by atoms with Crippen LogP contribution >= 0.6 is 15.9 Å². The molecular formula is C12H17BrN4O3. The molecule has 1 saturated heterocycles. The summed E-state index contributed by atoms with van der Waals surface area (Å²) in [6, 6.07) is 0.220. The largest absolute Gasteiger partial charge is 0.468 e. The monoisotopic (exact) mass is 344 g/mol. The molecule has 0 saturated carbocycles. The van der Waals surface area contributed by atoms with Crippen LogP contribution in [-0.4, -0.2) is 42.0 Å². The number of nitrogens with two attached hydrogens (primary N) is 1. The van der Waals surface area contributed by atoms with Crippen molar-refractivity contribution >= 4 is 27.6 Å². The molecular weight excluding hydrogens is 328 g/mol. The van der Waals surface area contributed by atoms with E-state index in [-0.39, 0.29) is 18.1 Å². The minimum absolute atomic E-state index is 0.195. The molecule has 0 atom stereocenters. The van der Waals surface area contributed by atoms with Crippen LogP contribution in [0.15, 0.2) is 15.5 Å². The van der Waals surface area contributed by atoms with Crippen molar-refractivity contribution in [2.45, 2.75) is 25.4 Å². The third-order valence-electron chi connectivity index (χ3n) is 3.35. The molecule has 110 valence electrons. The van der Waals surface area contributed by atoms with Gasteiger partial charge in [0.1, 0.15) is 11.0 Å². The summed E-state index contributed by atoms with van der Waals surface area (Å²) in [4.78, 5) is 25.4. The van der Waals surface area contributed by atoms with Gasteiger partial charge in [-0.15, -0.1) is 0 Å². The summed E-state index contributed by atoms with van der Waals surface area (Å²) in [6.07, 6.45) is 3.36. The van der Waals surface area contributed by atoms with E-state index in [9.17, 15) is 9.59 Å². The molecule has 8 heteroatoms. The molecule has 0 aliphatic carbocycles. The van der Waals surface area contributed by atoms with Gasteiger partial charge in [0.15, 0.2) is 0 Å². The van der Waals surface area contributed by atoms with Crippen molar-refractivity contribution in [3.63, 3.8) is 0 Å². The van der Waals surface area contributed by atoms with Crippen molar-refractivity contribution in [1.29, 1.82) is 0 Å². The first-order valence-electron chi connectivity index (χ1n) is 6.36. The smallest absolute Gasteiger partial charge is 0.327 e. The average Bonchev–Trinajstić information content (AvgIpc) is 2.45. The Hall–Kier alpha value is -1.41. The molecule has 0 unspecified atom stereocenters. The van der Waals surface area contributed by atoms with Gasteiger partial charge < -0.3 is 15.4 Å². The summed E-state index contributed by atoms with van der Waals surface area (Å²) in [7, 11) is 1.27. The number of carbonyl (C=O) groups excluding carboxylic acids is 1. The minimum Gasteiger partial charge on any atom is -0.468 e. The van der Waals surface area contributed by atoms with Gasteiger partial charge in [-0.3, -0.25) is 9.59 Å². The van der Waals surface area contributed by atoms with Crippen molar-refractivity contribution in [1.82, 2.24) is 9.78 Å². The normalized spacial score (nSPS) is 16.2. The Kier molecular flexibility index (Phi) is 4.77. The van der Waals surface area contributed by atoms with E-state index in [0.29, 0.717) is 4.47 Å². The SMILES string of the molecule is COC(=O)Cn1ncc(N2CCC(N)CC2)c(Br)c1=O. The van der Waals surface area contributed by atoms with Gasteiger partial charge in [-0.25, -0.2) is 4.68 Å². The highest BCUT2D eigenvalue weighted by molar-refractivity contribution is 9.10. The lowest BCUT2D eigenvalue weighted by Gasteiger charge is -2.32. The molecule has 1 aliphatic rings. The topological polar surface area (TPSA) is 90.5 Å². The Morgan fingerprint density at radius 2 is 2.20 bits per heavy atom. The molecule has 2 heterocycles. The van der Waals surface area contributed by atoms with Crippen LogP contribution in [0.3, 0.4) is 0 Å². The first-order valence-corrected chi connectivity index (χ1v) is 7.15. The Morgan fingerprint density at radius 1 is 1.55 bits per heavy atom. The van der Waals surface area contributed by atoms with Crippen LogP contribution in [0, 0.1) is 0 Å². The quantitative estimate of drug-likeness (QED) is 0.782. The fourth-order valence-electron chi connectivity index (χ4n) is 2.12. The van der Waals surface area contributed by atoms with Gasteiger partial charge in [-0.2, -0.15) is 5.10 Å². The van der Waals surface area contributed by atoms with Crippen LogP contribution < -0.4 is 16.2 Å². The second-order valence-corrected chi connectivity index (χ2v) is 5.50. The maximum absolute atomic E-state index is 12.1. The lowest BCUT2D eigenvalue weighted by molar-refractivity contribution is -0.141. The molecule has 0 aromatic carbocycles. The van der Waals surface area contributed by atoms with E-state index in [1.807, 2.05) is 0 Å². The number of methoxy groups -OCH3 is 1. The van der Waals surface area contributed by atoms with Crippen molar-refractivity contribution < 1.29 is 9.53 Å². The number of hydrogen-bond donors (Lipinski definition) is 1. The fraction of sp³-hybridized carbons (Fsp3) is 0.583. The van der Waals surface area contributed by atoms with E-state index in [1.54, 1.807) is 6.20 Å². The zero-order chi connectivity index (χ0) is 14.7. The second-order valence-electron chi connectivity index (χ2n) is 4.71. The highest BCUT2D eigenvalue weighted by Gasteiger charge is 2.21. The summed E-state index contributed by atoms with van der Waals surface area (Å²) in [5, 5.41) is 4.02. The summed E-state index contributed by atoms with van der Waals surface area (Å²) >= 11 is 3.30. The van der Waals surface area contributed by atoms with Crippen LogP contribution in [0.25, 0.3) is 0 Å². The predicted molar refractivity (Wildman–Crippen MR) is 77.6 cm³/mol. The average molecular weight is 345 g/mol. The third-order valence-corrected chi connectivity index (χ3v) is 4.10. The lowest BCUT2D eigenvalue weighted by atomic mass is 10.1. The van der Waals surface area contributed by atoms with E-state index >= 15 is 0 Å². The number of piperidine rings is 1. The zero-order valence-electron chi connectivity index (χ0n) is 11.2. The van der Waals surface area contributed by atoms with E-state index in [1.165, 1.54) is 7.11 Å². The number of hydrogen-bond acceptors (Lipinski definition) is 6. The zero-order valence-corrected chi connectivity index (χ0v) is 12.8. The van der Waals surface area contributed by atoms with Crippen LogP contribution in [0.4, 0.5) is 5.69 Å². The summed E-state index contributed by atoms with van der Waals surface area (Å²) < 4.78 is 6.02. The number of carbonyl (C=O) groups is 1. The van der Waals surface area contributed by atoms with Gasteiger partial charge in [0, 0.05) is 19.1 Å². The van der Waals surface area contributed by atoms with Gasteiger partial charge in [-0.05, 0) is 28.8 Å².